The molecule has 1 amide bonds. The highest BCUT2D eigenvalue weighted by Crippen LogP contribution is 2.49. The van der Waals surface area contributed by atoms with Gasteiger partial charge in [0, 0.05) is 12.0 Å². The number of fused-ring (bicyclic) bond motifs is 5. The van der Waals surface area contributed by atoms with Crippen LogP contribution in [0.1, 0.15) is 19.3 Å². The zero-order valence-corrected chi connectivity index (χ0v) is 6.95. The van der Waals surface area contributed by atoms with Gasteiger partial charge in [-0.05, 0) is 31.1 Å². The number of alkyl carbamates (subject to hydrolysis) is 1. The Labute approximate surface area is 71.5 Å². The minimum absolute atomic E-state index is 0.205. The second-order valence-electron chi connectivity index (χ2n) is 4.27. The van der Waals surface area contributed by atoms with Gasteiger partial charge in [-0.2, -0.15) is 0 Å². The average molecular weight is 167 g/mol. The van der Waals surface area contributed by atoms with Crippen LogP contribution in [0.5, 0.6) is 0 Å². The number of nitrogens with one attached hydrogen (secondary N) is 1. The van der Waals surface area contributed by atoms with E-state index in [0.717, 1.165) is 11.8 Å². The molecule has 3 fully saturated rings. The van der Waals surface area contributed by atoms with E-state index in [0.29, 0.717) is 18.6 Å². The Hall–Kier alpha value is -0.730. The third-order valence-electron chi connectivity index (χ3n) is 3.78. The summed E-state index contributed by atoms with van der Waals surface area (Å²) in [4.78, 5) is 10.9. The number of carbonyl (C=O) groups excluding carboxylic acids is 1. The molecule has 1 saturated heterocycles. The van der Waals surface area contributed by atoms with Gasteiger partial charge in [0.25, 0.3) is 0 Å². The fourth-order valence-electron chi connectivity index (χ4n) is 3.22. The summed E-state index contributed by atoms with van der Waals surface area (Å²) in [5, 5.41) is 2.95. The van der Waals surface area contributed by atoms with E-state index >= 15 is 0 Å². The lowest BCUT2D eigenvalue weighted by Gasteiger charge is -2.34. The maximum Gasteiger partial charge on any atom is 0.407 e. The largest absolute Gasteiger partial charge is 0.449 e. The van der Waals surface area contributed by atoms with Crippen LogP contribution in [-0.4, -0.2) is 18.7 Å². The summed E-state index contributed by atoms with van der Waals surface area (Å²) in [6, 6.07) is 0.449. The molecule has 1 aliphatic heterocycles. The summed E-state index contributed by atoms with van der Waals surface area (Å²) in [6.07, 6.45) is 3.78. The quantitative estimate of drug-likeness (QED) is 0.587. The van der Waals surface area contributed by atoms with Crippen LogP contribution in [0.3, 0.4) is 0 Å². The zero-order valence-electron chi connectivity index (χ0n) is 6.95. The number of hydrogen-bond donors (Lipinski definition) is 1. The van der Waals surface area contributed by atoms with E-state index in [1.165, 1.54) is 19.3 Å². The van der Waals surface area contributed by atoms with Crippen molar-refractivity contribution < 1.29 is 9.53 Å². The van der Waals surface area contributed by atoms with Crippen molar-refractivity contribution in [2.24, 2.45) is 17.8 Å². The van der Waals surface area contributed by atoms with E-state index in [1.54, 1.807) is 0 Å². The molecule has 0 radical (unpaired) electrons. The van der Waals surface area contributed by atoms with Gasteiger partial charge in [0.1, 0.15) is 0 Å². The zero-order chi connectivity index (χ0) is 8.13. The Morgan fingerprint density at radius 3 is 3.08 bits per heavy atom. The SMILES string of the molecule is O=C1N[C@@H]2[C@@H]3CC[C@@H](C3)[C@@H]2CO1. The monoisotopic (exact) mass is 167 g/mol. The summed E-state index contributed by atoms with van der Waals surface area (Å²) >= 11 is 0. The van der Waals surface area contributed by atoms with Crippen molar-refractivity contribution >= 4 is 6.09 Å². The number of cyclic esters (lactones) is 1. The topological polar surface area (TPSA) is 38.3 Å². The highest BCUT2D eigenvalue weighted by atomic mass is 16.6. The number of amides is 1. The van der Waals surface area contributed by atoms with Crippen LogP contribution in [0.2, 0.25) is 0 Å². The van der Waals surface area contributed by atoms with Gasteiger partial charge in [-0.1, -0.05) is 0 Å². The fraction of sp³-hybridized carbons (Fsp3) is 0.889. The van der Waals surface area contributed by atoms with Crippen LogP contribution in [0.25, 0.3) is 0 Å². The molecule has 66 valence electrons. The second-order valence-corrected chi connectivity index (χ2v) is 4.27. The summed E-state index contributed by atoms with van der Waals surface area (Å²) in [5.41, 5.74) is 0. The first-order valence-corrected chi connectivity index (χ1v) is 4.78. The van der Waals surface area contributed by atoms with Gasteiger partial charge in [-0.15, -0.1) is 0 Å². The summed E-state index contributed by atoms with van der Waals surface area (Å²) < 4.78 is 4.99. The number of carbonyl (C=O) groups is 1. The van der Waals surface area contributed by atoms with Crippen LogP contribution >= 0.6 is 0 Å². The minimum Gasteiger partial charge on any atom is -0.449 e. The van der Waals surface area contributed by atoms with E-state index in [4.69, 9.17) is 4.74 Å². The Balaban J connectivity index is 1.85. The van der Waals surface area contributed by atoms with Crippen LogP contribution in [-0.2, 0) is 4.74 Å². The lowest BCUT2D eigenvalue weighted by molar-refractivity contribution is 0.0599. The molecule has 3 nitrogen and oxygen atoms in total. The van der Waals surface area contributed by atoms with Gasteiger partial charge in [0.05, 0.1) is 6.61 Å². The van der Waals surface area contributed by atoms with Crippen LogP contribution in [0, 0.1) is 17.8 Å². The summed E-state index contributed by atoms with van der Waals surface area (Å²) in [7, 11) is 0. The summed E-state index contributed by atoms with van der Waals surface area (Å²) in [5.74, 6) is 2.22. The second kappa shape index (κ2) is 2.15. The molecule has 3 heteroatoms. The predicted octanol–water partition coefficient (Wildman–Crippen LogP) is 1.14. The molecule has 1 N–H and O–H groups in total. The van der Waals surface area contributed by atoms with Crippen molar-refractivity contribution in [3.63, 3.8) is 0 Å². The smallest absolute Gasteiger partial charge is 0.407 e. The third-order valence-corrected chi connectivity index (χ3v) is 3.78. The van der Waals surface area contributed by atoms with Gasteiger partial charge >= 0.3 is 6.09 Å². The molecule has 2 aliphatic carbocycles. The molecule has 12 heavy (non-hydrogen) atoms. The first-order valence-electron chi connectivity index (χ1n) is 4.78. The van der Waals surface area contributed by atoms with Gasteiger partial charge < -0.3 is 10.1 Å². The Morgan fingerprint density at radius 2 is 2.17 bits per heavy atom. The lowest BCUT2D eigenvalue weighted by Crippen LogP contribution is -2.50. The van der Waals surface area contributed by atoms with E-state index < -0.39 is 0 Å². The Morgan fingerprint density at radius 1 is 1.33 bits per heavy atom. The van der Waals surface area contributed by atoms with Gasteiger partial charge in [-0.25, -0.2) is 4.79 Å². The third kappa shape index (κ3) is 0.740. The fourth-order valence-corrected chi connectivity index (χ4v) is 3.22. The molecule has 0 spiro atoms. The van der Waals surface area contributed by atoms with Gasteiger partial charge in [0.15, 0.2) is 0 Å². The molecular weight excluding hydrogens is 154 g/mol. The number of hydrogen-bond acceptors (Lipinski definition) is 2. The Bertz CT molecular complexity index is 229. The van der Waals surface area contributed by atoms with E-state index in [9.17, 15) is 4.79 Å². The van der Waals surface area contributed by atoms with Crippen LogP contribution < -0.4 is 5.32 Å². The summed E-state index contributed by atoms with van der Waals surface area (Å²) in [6.45, 7) is 0.664. The molecule has 0 aromatic heterocycles. The van der Waals surface area contributed by atoms with E-state index in [-0.39, 0.29) is 6.09 Å². The molecule has 3 aliphatic rings. The molecule has 0 unspecified atom stereocenters. The normalized spacial score (nSPS) is 49.8. The van der Waals surface area contributed by atoms with Crippen molar-refractivity contribution in [1.82, 2.24) is 5.32 Å². The average Bonchev–Trinajstić information content (AvgIpc) is 2.63. The molecule has 1 heterocycles. The molecule has 0 aromatic rings. The van der Waals surface area contributed by atoms with Crippen molar-refractivity contribution in [3.05, 3.63) is 0 Å². The van der Waals surface area contributed by atoms with Crippen LogP contribution in [0.15, 0.2) is 0 Å². The first kappa shape index (κ1) is 6.75. The van der Waals surface area contributed by atoms with Gasteiger partial charge in [0.2, 0.25) is 0 Å². The maximum atomic E-state index is 10.9. The number of rotatable bonds is 0. The standard InChI is InChI=1S/C9H13NO2/c11-9-10-8-6-2-1-5(3-6)7(8)4-12-9/h5-8H,1-4H2,(H,10,11)/t5-,6+,7-,8+/m0/s1. The molecule has 0 aromatic carbocycles. The highest BCUT2D eigenvalue weighted by molar-refractivity contribution is 5.68. The number of ether oxygens (including phenoxy) is 1. The molecule has 3 rings (SSSR count). The van der Waals surface area contributed by atoms with Crippen molar-refractivity contribution in [2.75, 3.05) is 6.61 Å². The molecule has 4 atom stereocenters. The van der Waals surface area contributed by atoms with Crippen molar-refractivity contribution in [1.29, 1.82) is 0 Å². The Kier molecular flexibility index (Phi) is 1.21. The highest BCUT2D eigenvalue weighted by Gasteiger charge is 2.50. The lowest BCUT2D eigenvalue weighted by atomic mass is 9.84. The predicted molar refractivity (Wildman–Crippen MR) is 42.6 cm³/mol. The first-order chi connectivity index (χ1) is 5.84. The van der Waals surface area contributed by atoms with Crippen molar-refractivity contribution in [3.8, 4) is 0 Å². The molecule has 2 bridgehead atoms. The van der Waals surface area contributed by atoms with Gasteiger partial charge in [-0.3, -0.25) is 0 Å². The maximum absolute atomic E-state index is 10.9. The van der Waals surface area contributed by atoms with E-state index in [2.05, 4.69) is 5.32 Å². The van der Waals surface area contributed by atoms with E-state index in [1.807, 2.05) is 0 Å². The van der Waals surface area contributed by atoms with Crippen LogP contribution in [0.4, 0.5) is 4.79 Å². The molecule has 2 saturated carbocycles. The molecular formula is C9H13NO2. The van der Waals surface area contributed by atoms with Crippen molar-refractivity contribution in [2.45, 2.75) is 25.3 Å². The minimum atomic E-state index is -0.205.